The first kappa shape index (κ1) is 18.4. The van der Waals surface area contributed by atoms with Crippen LogP contribution < -0.4 is 5.32 Å². The van der Waals surface area contributed by atoms with Crippen molar-refractivity contribution in [2.45, 2.75) is 44.7 Å². The van der Waals surface area contributed by atoms with Crippen molar-refractivity contribution in [3.8, 4) is 0 Å². The van der Waals surface area contributed by atoms with Crippen LogP contribution in [-0.4, -0.2) is 15.7 Å². The highest BCUT2D eigenvalue weighted by molar-refractivity contribution is 6.05. The van der Waals surface area contributed by atoms with Crippen LogP contribution in [0.5, 0.6) is 0 Å². The Balaban J connectivity index is 2.03. The minimum atomic E-state index is -4.90. The van der Waals surface area contributed by atoms with Crippen molar-refractivity contribution in [3.63, 3.8) is 0 Å². The van der Waals surface area contributed by atoms with Crippen molar-refractivity contribution in [3.05, 3.63) is 46.5 Å². The fourth-order valence-corrected chi connectivity index (χ4v) is 3.98. The molecule has 140 valence electrons. The molecule has 0 aliphatic heterocycles. The van der Waals surface area contributed by atoms with Crippen LogP contribution in [0.3, 0.4) is 0 Å². The summed E-state index contributed by atoms with van der Waals surface area (Å²) in [7, 11) is 0.952. The number of carbonyl (C=O) groups is 1. The van der Waals surface area contributed by atoms with E-state index in [1.165, 1.54) is 0 Å². The molecule has 1 aliphatic rings. The summed E-state index contributed by atoms with van der Waals surface area (Å²) in [6.45, 7) is 6.14. The van der Waals surface area contributed by atoms with E-state index in [9.17, 15) is 22.4 Å². The Morgan fingerprint density at radius 3 is 2.62 bits per heavy atom. The number of aromatic nitrogens is 2. The summed E-state index contributed by atoms with van der Waals surface area (Å²) in [4.78, 5) is 12.5. The number of hydrogen-bond acceptors (Lipinski definition) is 2. The maximum atomic E-state index is 13.9. The number of nitrogens with zero attached hydrogens (tertiary/aromatic N) is 2. The molecule has 1 N–H and O–H groups in total. The number of benzene rings is 1. The number of hydrogen-bond donors (Lipinski definition) is 1. The van der Waals surface area contributed by atoms with Gasteiger partial charge in [0, 0.05) is 12.7 Å². The molecule has 1 aromatic heterocycles. The van der Waals surface area contributed by atoms with Crippen molar-refractivity contribution >= 4 is 11.6 Å². The third-order valence-electron chi connectivity index (χ3n) is 4.89. The molecule has 1 heterocycles. The van der Waals surface area contributed by atoms with Gasteiger partial charge in [0.1, 0.15) is 5.56 Å². The standard InChI is InChI=1S/C18H19F4N3O/c1-9-8-17(2,3)10-6-5-7-11(12(9)10)23-16(26)13-14(18(20,21)22)25(4)24-15(13)19/h5-7,9H,8H2,1-4H3,(H,23,26). The lowest BCUT2D eigenvalue weighted by atomic mass is 9.86. The van der Waals surface area contributed by atoms with Gasteiger partial charge in [-0.1, -0.05) is 32.9 Å². The third kappa shape index (κ3) is 2.87. The van der Waals surface area contributed by atoms with E-state index in [1.54, 1.807) is 12.1 Å². The minimum Gasteiger partial charge on any atom is -0.322 e. The van der Waals surface area contributed by atoms with E-state index in [1.807, 2.05) is 13.0 Å². The Labute approximate surface area is 148 Å². The largest absolute Gasteiger partial charge is 0.433 e. The third-order valence-corrected chi connectivity index (χ3v) is 4.89. The van der Waals surface area contributed by atoms with Gasteiger partial charge < -0.3 is 5.32 Å². The number of fused-ring (bicyclic) bond motifs is 1. The van der Waals surface area contributed by atoms with Crippen LogP contribution in [0, 0.1) is 5.95 Å². The highest BCUT2D eigenvalue weighted by Gasteiger charge is 2.42. The summed E-state index contributed by atoms with van der Waals surface area (Å²) in [6.07, 6.45) is -4.04. The van der Waals surface area contributed by atoms with Crippen LogP contribution in [0.4, 0.5) is 23.2 Å². The van der Waals surface area contributed by atoms with Crippen molar-refractivity contribution in [2.75, 3.05) is 5.32 Å². The Bertz CT molecular complexity index is 883. The number of aryl methyl sites for hydroxylation is 1. The number of halogens is 4. The molecule has 1 aliphatic carbocycles. The lowest BCUT2D eigenvalue weighted by molar-refractivity contribution is -0.144. The molecule has 8 heteroatoms. The maximum absolute atomic E-state index is 13.9. The molecule has 4 nitrogen and oxygen atoms in total. The van der Waals surface area contributed by atoms with E-state index in [2.05, 4.69) is 24.3 Å². The molecule has 1 unspecified atom stereocenters. The van der Waals surface area contributed by atoms with E-state index in [0.717, 1.165) is 24.6 Å². The molecule has 1 amide bonds. The first-order valence-electron chi connectivity index (χ1n) is 8.18. The summed E-state index contributed by atoms with van der Waals surface area (Å²) >= 11 is 0. The highest BCUT2D eigenvalue weighted by atomic mass is 19.4. The van der Waals surface area contributed by atoms with E-state index < -0.39 is 29.3 Å². The highest BCUT2D eigenvalue weighted by Crippen LogP contribution is 2.48. The van der Waals surface area contributed by atoms with E-state index in [4.69, 9.17) is 0 Å². The van der Waals surface area contributed by atoms with Crippen molar-refractivity contribution in [1.82, 2.24) is 9.78 Å². The van der Waals surface area contributed by atoms with Crippen LogP contribution in [0.1, 0.15) is 60.3 Å². The van der Waals surface area contributed by atoms with E-state index >= 15 is 0 Å². The van der Waals surface area contributed by atoms with E-state index in [0.29, 0.717) is 10.4 Å². The second-order valence-corrected chi connectivity index (χ2v) is 7.35. The predicted octanol–water partition coefficient (Wildman–Crippen LogP) is 4.62. The Morgan fingerprint density at radius 2 is 2.00 bits per heavy atom. The van der Waals surface area contributed by atoms with E-state index in [-0.39, 0.29) is 11.3 Å². The Morgan fingerprint density at radius 1 is 1.35 bits per heavy atom. The average Bonchev–Trinajstić information content (AvgIpc) is 2.92. The zero-order valence-corrected chi connectivity index (χ0v) is 14.8. The molecule has 0 radical (unpaired) electrons. The first-order valence-corrected chi connectivity index (χ1v) is 8.18. The van der Waals surface area contributed by atoms with Gasteiger partial charge in [-0.15, -0.1) is 5.10 Å². The van der Waals surface area contributed by atoms with Crippen molar-refractivity contribution in [1.29, 1.82) is 0 Å². The fraction of sp³-hybridized carbons (Fsp3) is 0.444. The molecule has 2 aromatic rings. The lowest BCUT2D eigenvalue weighted by Crippen LogP contribution is -2.21. The van der Waals surface area contributed by atoms with Gasteiger partial charge in [0.05, 0.1) is 0 Å². The van der Waals surface area contributed by atoms with Gasteiger partial charge >= 0.3 is 6.18 Å². The topological polar surface area (TPSA) is 46.9 Å². The molecule has 3 rings (SSSR count). The van der Waals surface area contributed by atoms with Crippen LogP contribution in [0.15, 0.2) is 18.2 Å². The SMILES string of the molecule is CC1CC(C)(C)c2cccc(NC(=O)c3c(F)nn(C)c3C(F)(F)F)c21. The summed E-state index contributed by atoms with van der Waals surface area (Å²) in [5.74, 6) is -2.48. The summed E-state index contributed by atoms with van der Waals surface area (Å²) in [6, 6.07) is 5.30. The molecule has 0 fully saturated rings. The quantitative estimate of drug-likeness (QED) is 0.786. The zero-order valence-electron chi connectivity index (χ0n) is 14.8. The van der Waals surface area contributed by atoms with Crippen LogP contribution in [-0.2, 0) is 18.6 Å². The molecule has 1 atom stereocenters. The molecule has 0 spiro atoms. The molecule has 0 saturated carbocycles. The number of alkyl halides is 3. The normalized spacial score (nSPS) is 18.7. The second-order valence-electron chi connectivity index (χ2n) is 7.35. The van der Waals surface area contributed by atoms with Gasteiger partial charge in [-0.25, -0.2) is 0 Å². The summed E-state index contributed by atoms with van der Waals surface area (Å²) in [5.41, 5.74) is -0.293. The van der Waals surface area contributed by atoms with Gasteiger partial charge in [-0.3, -0.25) is 9.48 Å². The number of rotatable bonds is 2. The maximum Gasteiger partial charge on any atom is 0.433 e. The smallest absolute Gasteiger partial charge is 0.322 e. The number of nitrogens with one attached hydrogen (secondary N) is 1. The summed E-state index contributed by atoms with van der Waals surface area (Å²) in [5, 5.41) is 5.58. The van der Waals surface area contributed by atoms with Crippen molar-refractivity contribution in [2.24, 2.45) is 7.05 Å². The fourth-order valence-electron chi connectivity index (χ4n) is 3.98. The molecule has 0 saturated heterocycles. The van der Waals surface area contributed by atoms with Gasteiger partial charge in [0.25, 0.3) is 5.91 Å². The minimum absolute atomic E-state index is 0.105. The van der Waals surface area contributed by atoms with Crippen LogP contribution in [0.25, 0.3) is 0 Å². The van der Waals surface area contributed by atoms with Gasteiger partial charge in [0.2, 0.25) is 5.95 Å². The second kappa shape index (κ2) is 5.82. The lowest BCUT2D eigenvalue weighted by Gasteiger charge is -2.19. The van der Waals surface area contributed by atoms with Crippen LogP contribution in [0.2, 0.25) is 0 Å². The Kier molecular flexibility index (Phi) is 4.12. The molecule has 0 bridgehead atoms. The van der Waals surface area contributed by atoms with Gasteiger partial charge in [-0.05, 0) is 34.9 Å². The molecule has 26 heavy (non-hydrogen) atoms. The Hall–Kier alpha value is -2.38. The van der Waals surface area contributed by atoms with Crippen molar-refractivity contribution < 1.29 is 22.4 Å². The molecular formula is C18H19F4N3O. The number of amides is 1. The monoisotopic (exact) mass is 369 g/mol. The number of carbonyl (C=O) groups excluding carboxylic acids is 1. The van der Waals surface area contributed by atoms with Gasteiger partial charge in [0.15, 0.2) is 5.69 Å². The zero-order chi connectivity index (χ0) is 19.4. The first-order chi connectivity index (χ1) is 11.9. The summed E-state index contributed by atoms with van der Waals surface area (Å²) < 4.78 is 53.9. The van der Waals surface area contributed by atoms with Crippen LogP contribution >= 0.6 is 0 Å². The number of anilines is 1. The average molecular weight is 369 g/mol. The predicted molar refractivity (Wildman–Crippen MR) is 88.6 cm³/mol. The van der Waals surface area contributed by atoms with Gasteiger partial charge in [-0.2, -0.15) is 17.6 Å². The molecule has 1 aromatic carbocycles. The molecular weight excluding hydrogens is 350 g/mol.